The Morgan fingerprint density at radius 1 is 1.04 bits per heavy atom. The SMILES string of the molecule is Cc1cccn2cc(-c3cccc(NS(=O)(=O)c4ccc(F)cc4F)c3)nc12. The van der Waals surface area contributed by atoms with Crippen LogP contribution < -0.4 is 4.72 Å². The summed E-state index contributed by atoms with van der Waals surface area (Å²) in [6.07, 6.45) is 3.72. The van der Waals surface area contributed by atoms with Gasteiger partial charge in [-0.05, 0) is 42.8 Å². The summed E-state index contributed by atoms with van der Waals surface area (Å²) in [5.74, 6) is -2.00. The van der Waals surface area contributed by atoms with Crippen LogP contribution >= 0.6 is 0 Å². The number of hydrogen-bond acceptors (Lipinski definition) is 3. The molecule has 0 aliphatic heterocycles. The number of aryl methyl sites for hydroxylation is 1. The topological polar surface area (TPSA) is 63.5 Å². The first-order chi connectivity index (χ1) is 13.3. The highest BCUT2D eigenvalue weighted by molar-refractivity contribution is 7.92. The minimum absolute atomic E-state index is 0.245. The van der Waals surface area contributed by atoms with Crippen molar-refractivity contribution in [1.29, 1.82) is 0 Å². The number of hydrogen-bond donors (Lipinski definition) is 1. The molecule has 28 heavy (non-hydrogen) atoms. The van der Waals surface area contributed by atoms with Gasteiger partial charge < -0.3 is 4.40 Å². The Morgan fingerprint density at radius 3 is 2.61 bits per heavy atom. The van der Waals surface area contributed by atoms with Gasteiger partial charge in [0.25, 0.3) is 10.0 Å². The van der Waals surface area contributed by atoms with Gasteiger partial charge in [0.15, 0.2) is 0 Å². The molecule has 0 bridgehead atoms. The third kappa shape index (κ3) is 3.34. The predicted molar refractivity (Wildman–Crippen MR) is 103 cm³/mol. The van der Waals surface area contributed by atoms with Crippen LogP contribution in [-0.2, 0) is 10.0 Å². The number of anilines is 1. The van der Waals surface area contributed by atoms with Gasteiger partial charge in [-0.1, -0.05) is 18.2 Å². The maximum atomic E-state index is 13.9. The maximum absolute atomic E-state index is 13.9. The maximum Gasteiger partial charge on any atom is 0.264 e. The van der Waals surface area contributed by atoms with E-state index in [0.717, 1.165) is 23.3 Å². The second kappa shape index (κ2) is 6.72. The van der Waals surface area contributed by atoms with Crippen LogP contribution in [-0.4, -0.2) is 17.8 Å². The van der Waals surface area contributed by atoms with E-state index < -0.39 is 26.6 Å². The van der Waals surface area contributed by atoms with Crippen LogP contribution in [0.15, 0.2) is 71.9 Å². The number of imidazole rings is 1. The zero-order valence-corrected chi connectivity index (χ0v) is 15.5. The Hall–Kier alpha value is -3.26. The molecule has 1 N–H and O–H groups in total. The van der Waals surface area contributed by atoms with Gasteiger partial charge in [0, 0.05) is 29.7 Å². The smallest absolute Gasteiger partial charge is 0.264 e. The van der Waals surface area contributed by atoms with Crippen molar-refractivity contribution in [3.63, 3.8) is 0 Å². The summed E-state index contributed by atoms with van der Waals surface area (Å²) in [4.78, 5) is 3.96. The second-order valence-electron chi connectivity index (χ2n) is 6.31. The lowest BCUT2D eigenvalue weighted by Crippen LogP contribution is -2.14. The van der Waals surface area contributed by atoms with Crippen LogP contribution in [0.1, 0.15) is 5.56 Å². The van der Waals surface area contributed by atoms with Crippen molar-refractivity contribution < 1.29 is 17.2 Å². The molecule has 4 rings (SSSR count). The van der Waals surface area contributed by atoms with E-state index in [0.29, 0.717) is 17.3 Å². The number of sulfonamides is 1. The highest BCUT2D eigenvalue weighted by atomic mass is 32.2. The average Bonchev–Trinajstić information content (AvgIpc) is 3.07. The number of pyridine rings is 1. The summed E-state index contributed by atoms with van der Waals surface area (Å²) in [7, 11) is -4.21. The molecule has 0 spiro atoms. The molecule has 5 nitrogen and oxygen atoms in total. The summed E-state index contributed by atoms with van der Waals surface area (Å²) in [5, 5.41) is 0. The number of nitrogens with zero attached hydrogens (tertiary/aromatic N) is 2. The lowest BCUT2D eigenvalue weighted by molar-refractivity contribution is 0.551. The molecule has 8 heteroatoms. The lowest BCUT2D eigenvalue weighted by atomic mass is 10.1. The van der Waals surface area contributed by atoms with Gasteiger partial charge in [0.2, 0.25) is 0 Å². The van der Waals surface area contributed by atoms with E-state index in [1.807, 2.05) is 35.9 Å². The molecule has 0 aliphatic rings. The van der Waals surface area contributed by atoms with Gasteiger partial charge >= 0.3 is 0 Å². The third-order valence-electron chi connectivity index (χ3n) is 4.27. The fourth-order valence-electron chi connectivity index (χ4n) is 2.94. The van der Waals surface area contributed by atoms with E-state index in [2.05, 4.69) is 9.71 Å². The first kappa shape index (κ1) is 18.1. The van der Waals surface area contributed by atoms with Gasteiger partial charge in [-0.25, -0.2) is 22.2 Å². The molecule has 142 valence electrons. The summed E-state index contributed by atoms with van der Waals surface area (Å²) < 4.78 is 56.1. The van der Waals surface area contributed by atoms with Gasteiger partial charge in [-0.2, -0.15) is 0 Å². The minimum atomic E-state index is -4.21. The van der Waals surface area contributed by atoms with Crippen LogP contribution in [0.5, 0.6) is 0 Å². The largest absolute Gasteiger partial charge is 0.306 e. The molecular formula is C20H15F2N3O2S. The minimum Gasteiger partial charge on any atom is -0.306 e. The Morgan fingerprint density at radius 2 is 1.86 bits per heavy atom. The zero-order chi connectivity index (χ0) is 19.9. The molecule has 0 saturated heterocycles. The molecule has 4 aromatic rings. The van der Waals surface area contributed by atoms with Crippen LogP contribution in [0.4, 0.5) is 14.5 Å². The molecule has 0 aliphatic carbocycles. The van der Waals surface area contributed by atoms with E-state index in [4.69, 9.17) is 0 Å². The molecule has 0 radical (unpaired) electrons. The normalized spacial score (nSPS) is 11.7. The van der Waals surface area contributed by atoms with Crippen molar-refractivity contribution in [2.45, 2.75) is 11.8 Å². The van der Waals surface area contributed by atoms with Crippen LogP contribution in [0.3, 0.4) is 0 Å². The number of fused-ring (bicyclic) bond motifs is 1. The Balaban J connectivity index is 1.69. The number of benzene rings is 2. The van der Waals surface area contributed by atoms with Crippen molar-refractivity contribution >= 4 is 21.4 Å². The van der Waals surface area contributed by atoms with Gasteiger partial charge in [-0.3, -0.25) is 4.72 Å². The Labute approximate surface area is 160 Å². The summed E-state index contributed by atoms with van der Waals surface area (Å²) in [6, 6.07) is 12.8. The van der Waals surface area contributed by atoms with Gasteiger partial charge in [0.1, 0.15) is 22.2 Å². The van der Waals surface area contributed by atoms with Crippen molar-refractivity contribution in [1.82, 2.24) is 9.38 Å². The predicted octanol–water partition coefficient (Wildman–Crippen LogP) is 4.39. The molecule has 0 fully saturated rings. The highest BCUT2D eigenvalue weighted by Crippen LogP contribution is 2.25. The van der Waals surface area contributed by atoms with E-state index >= 15 is 0 Å². The van der Waals surface area contributed by atoms with Crippen LogP contribution in [0, 0.1) is 18.6 Å². The van der Waals surface area contributed by atoms with E-state index in [1.165, 1.54) is 0 Å². The number of halogens is 2. The first-order valence-corrected chi connectivity index (χ1v) is 9.84. The Kier molecular flexibility index (Phi) is 4.35. The first-order valence-electron chi connectivity index (χ1n) is 8.36. The zero-order valence-electron chi connectivity index (χ0n) is 14.7. The Bertz CT molecular complexity index is 1300. The standard InChI is InChI=1S/C20H15F2N3O2S/c1-13-4-3-9-25-12-18(23-20(13)25)14-5-2-6-16(10-14)24-28(26,27)19-8-7-15(21)11-17(19)22/h2-12,24H,1H3. The number of rotatable bonds is 4. The molecular weight excluding hydrogens is 384 g/mol. The van der Waals surface area contributed by atoms with Crippen molar-refractivity contribution in [2.75, 3.05) is 4.72 Å². The molecule has 0 amide bonds. The lowest BCUT2D eigenvalue weighted by Gasteiger charge is -2.10. The average molecular weight is 399 g/mol. The monoisotopic (exact) mass is 399 g/mol. The molecule has 0 saturated carbocycles. The van der Waals surface area contributed by atoms with E-state index in [9.17, 15) is 17.2 Å². The molecule has 2 heterocycles. The third-order valence-corrected chi connectivity index (χ3v) is 5.69. The summed E-state index contributed by atoms with van der Waals surface area (Å²) in [6.45, 7) is 1.95. The number of nitrogens with one attached hydrogen (secondary N) is 1. The van der Waals surface area contributed by atoms with Crippen molar-refractivity contribution in [3.05, 3.63) is 84.2 Å². The van der Waals surface area contributed by atoms with Gasteiger partial charge in [0.05, 0.1) is 5.69 Å². The fourth-order valence-corrected chi connectivity index (χ4v) is 4.05. The molecule has 2 aromatic carbocycles. The van der Waals surface area contributed by atoms with E-state index in [1.54, 1.807) is 24.3 Å². The van der Waals surface area contributed by atoms with Gasteiger partial charge in [-0.15, -0.1) is 0 Å². The number of aromatic nitrogens is 2. The van der Waals surface area contributed by atoms with E-state index in [-0.39, 0.29) is 5.69 Å². The fraction of sp³-hybridized carbons (Fsp3) is 0.0500. The molecule has 0 atom stereocenters. The van der Waals surface area contributed by atoms with Crippen molar-refractivity contribution in [2.24, 2.45) is 0 Å². The molecule has 0 unspecified atom stereocenters. The van der Waals surface area contributed by atoms with Crippen molar-refractivity contribution in [3.8, 4) is 11.3 Å². The molecule has 2 aromatic heterocycles. The summed E-state index contributed by atoms with van der Waals surface area (Å²) in [5.41, 5.74) is 3.43. The highest BCUT2D eigenvalue weighted by Gasteiger charge is 2.20. The summed E-state index contributed by atoms with van der Waals surface area (Å²) >= 11 is 0. The van der Waals surface area contributed by atoms with Crippen LogP contribution in [0.25, 0.3) is 16.9 Å². The quantitative estimate of drug-likeness (QED) is 0.554. The second-order valence-corrected chi connectivity index (χ2v) is 7.96. The van der Waals surface area contributed by atoms with Crippen LogP contribution in [0.2, 0.25) is 0 Å².